The largest absolute Gasteiger partial charge is 0.456 e. The Hall–Kier alpha value is -7.18. The number of furan rings is 2. The molecule has 3 aliphatic heterocycles. The summed E-state index contributed by atoms with van der Waals surface area (Å²) in [5, 5.41) is 4.51. The molecule has 10 aromatic rings. The molecule has 1 fully saturated rings. The van der Waals surface area contributed by atoms with Crippen LogP contribution in [0.4, 0.5) is 45.5 Å². The van der Waals surface area contributed by atoms with Crippen LogP contribution in [0.5, 0.6) is 0 Å². The second-order valence-electron chi connectivity index (χ2n) is 25.7. The second kappa shape index (κ2) is 15.2. The molecule has 4 aliphatic rings. The molecule has 74 heavy (non-hydrogen) atoms. The van der Waals surface area contributed by atoms with Gasteiger partial charge in [0.25, 0.3) is 6.71 Å². The molecule has 0 amide bonds. The van der Waals surface area contributed by atoms with Crippen LogP contribution in [0.15, 0.2) is 160 Å². The molecular weight excluding hydrogens is 902 g/mol. The average Bonchev–Trinajstić information content (AvgIpc) is 4.01. The first-order chi connectivity index (χ1) is 35.3. The van der Waals surface area contributed by atoms with Gasteiger partial charge in [-0.1, -0.05) is 155 Å². The lowest BCUT2D eigenvalue weighted by molar-refractivity contribution is 0.195. The molecule has 0 saturated heterocycles. The monoisotopic (exact) mass is 968 g/mol. The number of hydrogen-bond donors (Lipinski definition) is 0. The summed E-state index contributed by atoms with van der Waals surface area (Å²) >= 11 is 0. The maximum atomic E-state index is 6.74. The van der Waals surface area contributed by atoms with Gasteiger partial charge in [-0.25, -0.2) is 0 Å². The molecule has 368 valence electrons. The lowest BCUT2D eigenvalue weighted by Crippen LogP contribution is -2.61. The van der Waals surface area contributed by atoms with Crippen LogP contribution in [-0.4, -0.2) is 12.3 Å². The van der Waals surface area contributed by atoms with E-state index < -0.39 is 0 Å². The Bertz CT molecular complexity index is 4010. The molecule has 1 aliphatic carbocycles. The van der Waals surface area contributed by atoms with Gasteiger partial charge in [0.05, 0.1) is 5.54 Å². The number of benzene rings is 8. The predicted octanol–water partition coefficient (Wildman–Crippen LogP) is 17.2. The molecule has 2 atom stereocenters. The van der Waals surface area contributed by atoms with E-state index in [2.05, 4.69) is 243 Å². The predicted molar refractivity (Wildman–Crippen MR) is 314 cm³/mol. The van der Waals surface area contributed by atoms with Crippen LogP contribution in [0.1, 0.15) is 124 Å². The minimum atomic E-state index is -0.181. The van der Waals surface area contributed by atoms with Crippen LogP contribution in [0.2, 0.25) is 0 Å². The number of para-hydroxylation sites is 2. The van der Waals surface area contributed by atoms with E-state index in [4.69, 9.17) is 8.83 Å². The third-order valence-corrected chi connectivity index (χ3v) is 18.3. The van der Waals surface area contributed by atoms with Gasteiger partial charge in [-0.15, -0.1) is 0 Å². The van der Waals surface area contributed by atoms with E-state index in [1.165, 1.54) is 85.6 Å². The highest BCUT2D eigenvalue weighted by Gasteiger charge is 2.58. The van der Waals surface area contributed by atoms with Crippen molar-refractivity contribution in [3.8, 4) is 0 Å². The summed E-state index contributed by atoms with van der Waals surface area (Å²) in [6, 6.07) is 58.0. The topological polar surface area (TPSA) is 36.0 Å². The van der Waals surface area contributed by atoms with Gasteiger partial charge < -0.3 is 23.5 Å². The van der Waals surface area contributed by atoms with Crippen molar-refractivity contribution in [3.05, 3.63) is 174 Å². The zero-order chi connectivity index (χ0) is 51.0. The van der Waals surface area contributed by atoms with Gasteiger partial charge in [-0.3, -0.25) is 0 Å². The molecule has 2 aromatic heterocycles. The summed E-state index contributed by atoms with van der Waals surface area (Å²) < 4.78 is 13.3. The Kier molecular flexibility index (Phi) is 9.34. The summed E-state index contributed by atoms with van der Waals surface area (Å²) in [6.07, 6.45) is 4.69. The van der Waals surface area contributed by atoms with Crippen LogP contribution >= 0.6 is 0 Å². The zero-order valence-corrected chi connectivity index (χ0v) is 45.0. The minimum absolute atomic E-state index is 0.0246. The van der Waals surface area contributed by atoms with E-state index in [1.54, 1.807) is 0 Å². The summed E-state index contributed by atoms with van der Waals surface area (Å²) in [7, 11) is 0. The van der Waals surface area contributed by atoms with Gasteiger partial charge in [0.1, 0.15) is 22.3 Å². The van der Waals surface area contributed by atoms with E-state index in [-0.39, 0.29) is 33.9 Å². The molecule has 6 heteroatoms. The molecular formula is C68H66BN3O2. The van der Waals surface area contributed by atoms with Crippen LogP contribution in [-0.2, 0) is 21.7 Å². The van der Waals surface area contributed by atoms with Crippen molar-refractivity contribution in [2.45, 2.75) is 129 Å². The number of nitrogens with zero attached hydrogens (tertiary/aromatic N) is 3. The Balaban J connectivity index is 1.12. The fourth-order valence-corrected chi connectivity index (χ4v) is 13.9. The van der Waals surface area contributed by atoms with Crippen LogP contribution in [0.3, 0.4) is 0 Å². The van der Waals surface area contributed by atoms with Crippen molar-refractivity contribution in [1.82, 2.24) is 0 Å². The van der Waals surface area contributed by atoms with E-state index in [1.807, 2.05) is 0 Å². The van der Waals surface area contributed by atoms with Crippen LogP contribution < -0.4 is 31.1 Å². The van der Waals surface area contributed by atoms with Gasteiger partial charge in [-0.05, 0) is 147 Å². The highest BCUT2D eigenvalue weighted by atomic mass is 16.3. The highest BCUT2D eigenvalue weighted by molar-refractivity contribution is 7.00. The minimum Gasteiger partial charge on any atom is -0.456 e. The van der Waals surface area contributed by atoms with Crippen molar-refractivity contribution in [2.24, 2.45) is 0 Å². The SMILES string of the molecule is CC(C)(C)c1ccc2c(c1)N(c1ccc3c(c1)oc1ccccc13)c1cc(N3c4ccc(C(C)(C)C)cc4C4(C)CCCCC34C)cc3c1B2c1ccc(C(C)(C)C)cc1N3c1ccc2oc3ccccc3c2c1. The fourth-order valence-electron chi connectivity index (χ4n) is 13.9. The summed E-state index contributed by atoms with van der Waals surface area (Å²) in [4.78, 5) is 8.01. The smallest absolute Gasteiger partial charge is 0.252 e. The third-order valence-electron chi connectivity index (χ3n) is 18.3. The lowest BCUT2D eigenvalue weighted by atomic mass is 9.33. The van der Waals surface area contributed by atoms with Crippen molar-refractivity contribution in [2.75, 3.05) is 14.7 Å². The van der Waals surface area contributed by atoms with E-state index in [0.717, 1.165) is 68.1 Å². The van der Waals surface area contributed by atoms with Gasteiger partial charge in [-0.2, -0.15) is 0 Å². The third kappa shape index (κ3) is 6.36. The van der Waals surface area contributed by atoms with Gasteiger partial charge in [0, 0.05) is 78.5 Å². The molecule has 0 radical (unpaired) electrons. The maximum Gasteiger partial charge on any atom is 0.252 e. The number of hydrogen-bond acceptors (Lipinski definition) is 5. The molecule has 5 nitrogen and oxygen atoms in total. The van der Waals surface area contributed by atoms with Gasteiger partial charge in [0.15, 0.2) is 0 Å². The standard InChI is InChI=1S/C68H66BN3O2/c1-64(2,3)41-24-30-54-51(34-41)67(10)32-16-17-33-68(67,11)72(54)46-38-57-63-58(39-46)71(45-25-27-49-47-18-12-14-20-59(47)74-62(49)40-45)56-36-43(66(7,8)9)23-29-53(56)69(63)52-28-22-42(65(4,5)6)35-55(52)70(57)44-26-31-61-50(37-44)48-19-13-15-21-60(48)73-61/h12-15,18-31,34-40H,16-17,32-33H2,1-11H3. The molecule has 0 spiro atoms. The molecule has 14 rings (SSSR count). The van der Waals surface area contributed by atoms with Gasteiger partial charge >= 0.3 is 0 Å². The summed E-state index contributed by atoms with van der Waals surface area (Å²) in [5.74, 6) is 0. The number of fused-ring (bicyclic) bond motifs is 13. The van der Waals surface area contributed by atoms with E-state index in [9.17, 15) is 0 Å². The molecule has 1 saturated carbocycles. The molecule has 0 bridgehead atoms. The number of anilines is 8. The first-order valence-electron chi connectivity index (χ1n) is 27.2. The van der Waals surface area contributed by atoms with E-state index >= 15 is 0 Å². The van der Waals surface area contributed by atoms with Crippen LogP contribution in [0.25, 0.3) is 43.9 Å². The Morgan fingerprint density at radius 1 is 0.419 bits per heavy atom. The lowest BCUT2D eigenvalue weighted by Gasteiger charge is -2.51. The molecule has 2 unspecified atom stereocenters. The van der Waals surface area contributed by atoms with E-state index in [0.29, 0.717) is 0 Å². The molecule has 8 aromatic carbocycles. The second-order valence-corrected chi connectivity index (χ2v) is 25.7. The molecule has 0 N–H and O–H groups in total. The Morgan fingerprint density at radius 3 is 1.54 bits per heavy atom. The molecule has 5 heterocycles. The number of rotatable bonds is 3. The summed E-state index contributed by atoms with van der Waals surface area (Å²) in [5.41, 5.74) is 22.2. The Labute approximate surface area is 436 Å². The zero-order valence-electron chi connectivity index (χ0n) is 45.0. The first-order valence-corrected chi connectivity index (χ1v) is 27.2. The maximum absolute atomic E-state index is 6.74. The Morgan fingerprint density at radius 2 is 0.919 bits per heavy atom. The van der Waals surface area contributed by atoms with Crippen molar-refractivity contribution in [1.29, 1.82) is 0 Å². The normalized spacial score (nSPS) is 19.3. The van der Waals surface area contributed by atoms with Crippen molar-refractivity contribution in [3.63, 3.8) is 0 Å². The average molecular weight is 968 g/mol. The van der Waals surface area contributed by atoms with Crippen LogP contribution in [0, 0.1) is 0 Å². The highest BCUT2D eigenvalue weighted by Crippen LogP contribution is 2.62. The van der Waals surface area contributed by atoms with Crippen molar-refractivity contribution >= 4 is 112 Å². The van der Waals surface area contributed by atoms with Crippen molar-refractivity contribution < 1.29 is 8.83 Å². The quantitative estimate of drug-likeness (QED) is 0.165. The fraction of sp³-hybridized carbons (Fsp3) is 0.294. The first kappa shape index (κ1) is 45.4. The van der Waals surface area contributed by atoms with Gasteiger partial charge in [0.2, 0.25) is 0 Å². The summed E-state index contributed by atoms with van der Waals surface area (Å²) in [6.45, 7) is 26.2.